The summed E-state index contributed by atoms with van der Waals surface area (Å²) in [6, 6.07) is 3.23. The van der Waals surface area contributed by atoms with Crippen LogP contribution in [0.2, 0.25) is 0 Å². The highest BCUT2D eigenvalue weighted by Gasteiger charge is 2.15. The van der Waals surface area contributed by atoms with Crippen molar-refractivity contribution in [3.63, 3.8) is 0 Å². The first-order valence-electron chi connectivity index (χ1n) is 5.36. The van der Waals surface area contributed by atoms with Crippen molar-refractivity contribution in [2.45, 2.75) is 6.54 Å². The number of nitrogens with two attached hydrogens (primary N) is 1. The van der Waals surface area contributed by atoms with Gasteiger partial charge < -0.3 is 10.5 Å². The normalized spacial score (nSPS) is 10.5. The van der Waals surface area contributed by atoms with Gasteiger partial charge in [-0.25, -0.2) is 13.6 Å². The summed E-state index contributed by atoms with van der Waals surface area (Å²) in [6.07, 6.45) is 1.38. The lowest BCUT2D eigenvalue weighted by atomic mass is 10.2. The van der Waals surface area contributed by atoms with Crippen molar-refractivity contribution >= 4 is 11.7 Å². The largest absolute Gasteiger partial charge is 0.464 e. The molecule has 100 valence electrons. The number of carbonyl (C=O) groups is 1. The van der Waals surface area contributed by atoms with Gasteiger partial charge in [0.05, 0.1) is 19.3 Å². The summed E-state index contributed by atoms with van der Waals surface area (Å²) in [7, 11) is 1.21. The van der Waals surface area contributed by atoms with E-state index in [0.717, 1.165) is 12.1 Å². The number of nitrogen functional groups attached to an aromatic ring is 1. The second-order valence-electron chi connectivity index (χ2n) is 3.86. The summed E-state index contributed by atoms with van der Waals surface area (Å²) < 4.78 is 32.0. The lowest BCUT2D eigenvalue weighted by Gasteiger charge is -2.03. The third-order valence-electron chi connectivity index (χ3n) is 2.52. The molecule has 0 saturated carbocycles. The molecular formula is C12H11F2N3O2. The summed E-state index contributed by atoms with van der Waals surface area (Å²) in [5.41, 5.74) is 5.93. The van der Waals surface area contributed by atoms with Crippen LogP contribution in [0.25, 0.3) is 0 Å². The van der Waals surface area contributed by atoms with Gasteiger partial charge >= 0.3 is 5.97 Å². The molecule has 1 aromatic carbocycles. The number of benzene rings is 1. The van der Waals surface area contributed by atoms with Gasteiger partial charge in [-0.3, -0.25) is 4.68 Å². The van der Waals surface area contributed by atoms with Crippen LogP contribution in [0.15, 0.2) is 24.4 Å². The molecule has 2 rings (SSSR count). The second kappa shape index (κ2) is 5.05. The molecule has 0 amide bonds. The van der Waals surface area contributed by atoms with Crippen molar-refractivity contribution in [1.29, 1.82) is 0 Å². The van der Waals surface area contributed by atoms with Gasteiger partial charge in [-0.05, 0) is 6.07 Å². The van der Waals surface area contributed by atoms with E-state index in [1.165, 1.54) is 24.1 Å². The predicted molar refractivity (Wildman–Crippen MR) is 63.4 cm³/mol. The Morgan fingerprint density at radius 3 is 2.84 bits per heavy atom. The number of nitrogens with zero attached hydrogens (tertiary/aromatic N) is 2. The van der Waals surface area contributed by atoms with E-state index >= 15 is 0 Å². The summed E-state index contributed by atoms with van der Waals surface area (Å²) in [5.74, 6) is -2.01. The van der Waals surface area contributed by atoms with E-state index in [2.05, 4.69) is 9.84 Å². The lowest BCUT2D eigenvalue weighted by Crippen LogP contribution is -2.07. The van der Waals surface area contributed by atoms with Crippen LogP contribution in [-0.2, 0) is 11.3 Å². The smallest absolute Gasteiger partial charge is 0.360 e. The zero-order chi connectivity index (χ0) is 14.0. The standard InChI is InChI=1S/C12H11F2N3O2/c1-19-12(18)11-10(15)6-17(16-11)5-7-2-3-8(13)4-9(7)14/h2-4,6H,5,15H2,1H3. The fourth-order valence-electron chi connectivity index (χ4n) is 1.60. The van der Waals surface area contributed by atoms with E-state index in [1.807, 2.05) is 0 Å². The van der Waals surface area contributed by atoms with Crippen molar-refractivity contribution in [1.82, 2.24) is 9.78 Å². The van der Waals surface area contributed by atoms with Crippen LogP contribution in [0.5, 0.6) is 0 Å². The molecule has 2 N–H and O–H groups in total. The van der Waals surface area contributed by atoms with E-state index in [-0.39, 0.29) is 23.5 Å². The number of anilines is 1. The predicted octanol–water partition coefficient (Wildman–Crippen LogP) is 1.58. The number of rotatable bonds is 3. The minimum Gasteiger partial charge on any atom is -0.464 e. The summed E-state index contributed by atoms with van der Waals surface area (Å²) in [4.78, 5) is 11.3. The molecule has 0 atom stereocenters. The van der Waals surface area contributed by atoms with Crippen LogP contribution in [0, 0.1) is 11.6 Å². The van der Waals surface area contributed by atoms with Crippen molar-refractivity contribution in [3.05, 3.63) is 47.3 Å². The van der Waals surface area contributed by atoms with Crippen LogP contribution in [0.4, 0.5) is 14.5 Å². The highest BCUT2D eigenvalue weighted by molar-refractivity contribution is 5.92. The molecule has 7 heteroatoms. The highest BCUT2D eigenvalue weighted by Crippen LogP contribution is 2.14. The van der Waals surface area contributed by atoms with Crippen molar-refractivity contribution < 1.29 is 18.3 Å². The average molecular weight is 267 g/mol. The number of ether oxygens (including phenoxy) is 1. The first-order valence-corrected chi connectivity index (χ1v) is 5.36. The van der Waals surface area contributed by atoms with Crippen LogP contribution in [-0.4, -0.2) is 22.9 Å². The highest BCUT2D eigenvalue weighted by atomic mass is 19.1. The van der Waals surface area contributed by atoms with E-state index < -0.39 is 17.6 Å². The SMILES string of the molecule is COC(=O)c1nn(Cc2ccc(F)cc2F)cc1N. The molecule has 0 bridgehead atoms. The first kappa shape index (κ1) is 13.0. The number of esters is 1. The van der Waals surface area contributed by atoms with Gasteiger partial charge in [0.1, 0.15) is 11.6 Å². The average Bonchev–Trinajstić information content (AvgIpc) is 2.73. The van der Waals surface area contributed by atoms with Crippen molar-refractivity contribution in [2.24, 2.45) is 0 Å². The Bertz CT molecular complexity index is 625. The van der Waals surface area contributed by atoms with E-state index in [9.17, 15) is 13.6 Å². The van der Waals surface area contributed by atoms with Crippen LogP contribution < -0.4 is 5.73 Å². The fraction of sp³-hybridized carbons (Fsp3) is 0.167. The Balaban J connectivity index is 2.26. The summed E-state index contributed by atoms with van der Waals surface area (Å²) in [5, 5.41) is 3.90. The van der Waals surface area contributed by atoms with Crippen LogP contribution >= 0.6 is 0 Å². The van der Waals surface area contributed by atoms with Crippen molar-refractivity contribution in [2.75, 3.05) is 12.8 Å². The van der Waals surface area contributed by atoms with Gasteiger partial charge in [0.15, 0.2) is 5.69 Å². The Morgan fingerprint density at radius 2 is 2.21 bits per heavy atom. The molecule has 0 radical (unpaired) electrons. The Morgan fingerprint density at radius 1 is 1.47 bits per heavy atom. The Kier molecular flexibility index (Phi) is 3.46. The quantitative estimate of drug-likeness (QED) is 0.857. The van der Waals surface area contributed by atoms with Gasteiger partial charge in [-0.15, -0.1) is 0 Å². The van der Waals surface area contributed by atoms with E-state index in [1.54, 1.807) is 0 Å². The van der Waals surface area contributed by atoms with E-state index in [0.29, 0.717) is 0 Å². The maximum Gasteiger partial charge on any atom is 0.360 e. The molecule has 0 aliphatic carbocycles. The molecule has 2 aromatic rings. The van der Waals surface area contributed by atoms with Gasteiger partial charge in [0, 0.05) is 17.8 Å². The number of halogens is 2. The Hall–Kier alpha value is -2.44. The van der Waals surface area contributed by atoms with Crippen LogP contribution in [0.1, 0.15) is 16.1 Å². The zero-order valence-electron chi connectivity index (χ0n) is 10.1. The molecule has 0 unspecified atom stereocenters. The van der Waals surface area contributed by atoms with E-state index in [4.69, 9.17) is 5.73 Å². The molecule has 0 spiro atoms. The summed E-state index contributed by atoms with van der Waals surface area (Å²) in [6.45, 7) is 0.0350. The first-order chi connectivity index (χ1) is 9.01. The number of methoxy groups -OCH3 is 1. The third-order valence-corrected chi connectivity index (χ3v) is 2.52. The monoisotopic (exact) mass is 267 g/mol. The molecule has 1 heterocycles. The summed E-state index contributed by atoms with van der Waals surface area (Å²) >= 11 is 0. The molecule has 0 aliphatic heterocycles. The fourth-order valence-corrected chi connectivity index (χ4v) is 1.60. The van der Waals surface area contributed by atoms with Gasteiger partial charge in [-0.1, -0.05) is 6.07 Å². The van der Waals surface area contributed by atoms with Crippen LogP contribution in [0.3, 0.4) is 0 Å². The van der Waals surface area contributed by atoms with Gasteiger partial charge in [-0.2, -0.15) is 5.10 Å². The molecule has 19 heavy (non-hydrogen) atoms. The third kappa shape index (κ3) is 2.70. The number of hydrogen-bond donors (Lipinski definition) is 1. The molecule has 0 aliphatic rings. The molecule has 1 aromatic heterocycles. The van der Waals surface area contributed by atoms with Crippen molar-refractivity contribution in [3.8, 4) is 0 Å². The Labute approximate surface area is 107 Å². The topological polar surface area (TPSA) is 70.1 Å². The number of carbonyl (C=O) groups excluding carboxylic acids is 1. The minimum atomic E-state index is -0.686. The molecule has 5 nitrogen and oxygen atoms in total. The lowest BCUT2D eigenvalue weighted by molar-refractivity contribution is 0.0594. The molecule has 0 fully saturated rings. The number of hydrogen-bond acceptors (Lipinski definition) is 4. The molecule has 0 saturated heterocycles. The van der Waals surface area contributed by atoms with Gasteiger partial charge in [0.25, 0.3) is 0 Å². The maximum atomic E-state index is 13.5. The number of aromatic nitrogens is 2. The minimum absolute atomic E-state index is 0.0350. The second-order valence-corrected chi connectivity index (χ2v) is 3.86. The zero-order valence-corrected chi connectivity index (χ0v) is 10.1. The van der Waals surface area contributed by atoms with Gasteiger partial charge in [0.2, 0.25) is 0 Å². The molecular weight excluding hydrogens is 256 g/mol. The maximum absolute atomic E-state index is 13.5.